The lowest BCUT2D eigenvalue weighted by atomic mass is 9.94. The van der Waals surface area contributed by atoms with Crippen molar-refractivity contribution in [2.24, 2.45) is 4.99 Å². The maximum Gasteiger partial charge on any atom is 0.319 e. The maximum atomic E-state index is 11.9. The van der Waals surface area contributed by atoms with Crippen LogP contribution in [-0.4, -0.2) is 41.0 Å². The van der Waals surface area contributed by atoms with Crippen LogP contribution in [0.3, 0.4) is 0 Å². The predicted molar refractivity (Wildman–Crippen MR) is 95.1 cm³/mol. The first kappa shape index (κ1) is 16.4. The number of rotatable bonds is 3. The van der Waals surface area contributed by atoms with Gasteiger partial charge in [-0.25, -0.2) is 4.99 Å². The van der Waals surface area contributed by atoms with Gasteiger partial charge in [0.15, 0.2) is 5.17 Å². The Morgan fingerprint density at radius 2 is 1.91 bits per heavy atom. The SMILES string of the molecule is COC(=O)C1CCN(C2CCCCC2)C(=Nc2ccccc2)S1. The molecule has 5 heteroatoms. The van der Waals surface area contributed by atoms with E-state index >= 15 is 0 Å². The summed E-state index contributed by atoms with van der Waals surface area (Å²) in [5.74, 6) is -0.140. The molecular weight excluding hydrogens is 308 g/mol. The van der Waals surface area contributed by atoms with Gasteiger partial charge in [0.05, 0.1) is 12.8 Å². The number of hydrogen-bond acceptors (Lipinski definition) is 4. The van der Waals surface area contributed by atoms with Crippen molar-refractivity contribution in [2.75, 3.05) is 13.7 Å². The van der Waals surface area contributed by atoms with Crippen LogP contribution in [0.25, 0.3) is 0 Å². The van der Waals surface area contributed by atoms with Gasteiger partial charge in [0.25, 0.3) is 0 Å². The third-order valence-corrected chi connectivity index (χ3v) is 5.84. The molecule has 1 heterocycles. The number of para-hydroxylation sites is 1. The molecule has 3 rings (SSSR count). The number of ether oxygens (including phenoxy) is 1. The normalized spacial score (nSPS) is 24.7. The molecule has 1 aromatic rings. The third-order valence-electron chi connectivity index (χ3n) is 4.59. The van der Waals surface area contributed by atoms with E-state index in [0.29, 0.717) is 6.04 Å². The predicted octanol–water partition coefficient (Wildman–Crippen LogP) is 3.99. The molecular formula is C18H24N2O2S. The lowest BCUT2D eigenvalue weighted by molar-refractivity contribution is -0.140. The molecule has 1 atom stereocenters. The standard InChI is InChI=1S/C18H24N2O2S/c1-22-17(21)16-12-13-20(15-10-6-3-7-11-15)18(23-16)19-14-8-4-2-5-9-14/h2,4-5,8-9,15-16H,3,6-7,10-13H2,1H3. The zero-order valence-corrected chi connectivity index (χ0v) is 14.4. The van der Waals surface area contributed by atoms with Gasteiger partial charge in [0.2, 0.25) is 0 Å². The van der Waals surface area contributed by atoms with Crippen molar-refractivity contribution in [3.8, 4) is 0 Å². The third kappa shape index (κ3) is 4.08. The largest absolute Gasteiger partial charge is 0.468 e. The summed E-state index contributed by atoms with van der Waals surface area (Å²) in [6, 6.07) is 10.6. The van der Waals surface area contributed by atoms with E-state index in [2.05, 4.69) is 4.90 Å². The first-order valence-electron chi connectivity index (χ1n) is 8.43. The highest BCUT2D eigenvalue weighted by molar-refractivity contribution is 8.14. The molecule has 4 nitrogen and oxygen atoms in total. The van der Waals surface area contributed by atoms with Crippen molar-refractivity contribution < 1.29 is 9.53 Å². The summed E-state index contributed by atoms with van der Waals surface area (Å²) in [6.07, 6.45) is 7.24. The number of esters is 1. The van der Waals surface area contributed by atoms with Crippen LogP contribution in [-0.2, 0) is 9.53 Å². The van der Waals surface area contributed by atoms with Crippen LogP contribution in [0.5, 0.6) is 0 Å². The second-order valence-corrected chi connectivity index (χ2v) is 7.30. The van der Waals surface area contributed by atoms with Crippen LogP contribution < -0.4 is 0 Å². The van der Waals surface area contributed by atoms with E-state index in [1.165, 1.54) is 39.2 Å². The molecule has 1 saturated carbocycles. The minimum atomic E-state index is -0.140. The number of methoxy groups -OCH3 is 1. The Morgan fingerprint density at radius 3 is 2.61 bits per heavy atom. The summed E-state index contributed by atoms with van der Waals surface area (Å²) >= 11 is 1.56. The van der Waals surface area contributed by atoms with Crippen molar-refractivity contribution in [1.82, 2.24) is 4.90 Å². The van der Waals surface area contributed by atoms with E-state index in [9.17, 15) is 4.79 Å². The van der Waals surface area contributed by atoms with Gasteiger partial charge in [-0.05, 0) is 31.4 Å². The number of amidine groups is 1. The van der Waals surface area contributed by atoms with E-state index in [1.54, 1.807) is 11.8 Å². The fraction of sp³-hybridized carbons (Fsp3) is 0.556. The highest BCUT2D eigenvalue weighted by Gasteiger charge is 2.34. The molecule has 2 aliphatic rings. The summed E-state index contributed by atoms with van der Waals surface area (Å²) in [5.41, 5.74) is 0.946. The van der Waals surface area contributed by atoms with Crippen LogP contribution in [0.2, 0.25) is 0 Å². The average molecular weight is 332 g/mol. The van der Waals surface area contributed by atoms with Gasteiger partial charge in [-0.15, -0.1) is 0 Å². The van der Waals surface area contributed by atoms with Gasteiger partial charge in [0, 0.05) is 12.6 Å². The minimum absolute atomic E-state index is 0.137. The molecule has 23 heavy (non-hydrogen) atoms. The van der Waals surface area contributed by atoms with E-state index < -0.39 is 0 Å². The zero-order valence-electron chi connectivity index (χ0n) is 13.6. The van der Waals surface area contributed by atoms with Crippen LogP contribution in [0.4, 0.5) is 5.69 Å². The topological polar surface area (TPSA) is 41.9 Å². The van der Waals surface area contributed by atoms with Gasteiger partial charge in [-0.3, -0.25) is 4.79 Å². The molecule has 2 fully saturated rings. The van der Waals surface area contributed by atoms with Crippen LogP contribution in [0.15, 0.2) is 35.3 Å². The number of nitrogens with zero attached hydrogens (tertiary/aromatic N) is 2. The van der Waals surface area contributed by atoms with Crippen molar-refractivity contribution in [2.45, 2.75) is 49.8 Å². The van der Waals surface area contributed by atoms with Crippen LogP contribution in [0.1, 0.15) is 38.5 Å². The van der Waals surface area contributed by atoms with Crippen molar-refractivity contribution in [1.29, 1.82) is 0 Å². The summed E-state index contributed by atoms with van der Waals surface area (Å²) in [7, 11) is 1.46. The van der Waals surface area contributed by atoms with Gasteiger partial charge >= 0.3 is 5.97 Å². The van der Waals surface area contributed by atoms with Gasteiger partial charge < -0.3 is 9.64 Å². The Kier molecular flexibility index (Phi) is 5.60. The summed E-state index contributed by atoms with van der Waals surface area (Å²) in [4.78, 5) is 19.2. The number of hydrogen-bond donors (Lipinski definition) is 0. The number of benzene rings is 1. The Labute approximate surface area is 142 Å². The van der Waals surface area contributed by atoms with E-state index in [4.69, 9.17) is 9.73 Å². The average Bonchev–Trinajstić information content (AvgIpc) is 2.62. The summed E-state index contributed by atoms with van der Waals surface area (Å²) in [6.45, 7) is 0.892. The highest BCUT2D eigenvalue weighted by Crippen LogP contribution is 2.33. The van der Waals surface area contributed by atoms with Crippen LogP contribution >= 0.6 is 11.8 Å². The zero-order chi connectivity index (χ0) is 16.1. The van der Waals surface area contributed by atoms with E-state index in [1.807, 2.05) is 30.3 Å². The molecule has 0 amide bonds. The lowest BCUT2D eigenvalue weighted by Crippen LogP contribution is -2.46. The molecule has 1 aliphatic carbocycles. The van der Waals surface area contributed by atoms with Crippen LogP contribution in [0, 0.1) is 0 Å². The Balaban J connectivity index is 1.82. The fourth-order valence-corrected chi connectivity index (χ4v) is 4.54. The molecule has 1 unspecified atom stereocenters. The second-order valence-electron chi connectivity index (χ2n) is 6.13. The van der Waals surface area contributed by atoms with E-state index in [-0.39, 0.29) is 11.2 Å². The van der Waals surface area contributed by atoms with Gasteiger partial charge in [0.1, 0.15) is 5.25 Å². The molecule has 1 saturated heterocycles. The summed E-state index contributed by atoms with van der Waals surface area (Å²) in [5, 5.41) is 0.840. The molecule has 0 spiro atoms. The van der Waals surface area contributed by atoms with Crippen molar-refractivity contribution >= 4 is 28.6 Å². The van der Waals surface area contributed by atoms with E-state index in [0.717, 1.165) is 23.8 Å². The number of carbonyl (C=O) groups is 1. The molecule has 0 aromatic heterocycles. The first-order valence-corrected chi connectivity index (χ1v) is 9.31. The highest BCUT2D eigenvalue weighted by atomic mass is 32.2. The Bertz CT molecular complexity index is 555. The minimum Gasteiger partial charge on any atom is -0.468 e. The molecule has 124 valence electrons. The van der Waals surface area contributed by atoms with Gasteiger partial charge in [-0.2, -0.15) is 0 Å². The molecule has 0 bridgehead atoms. The quantitative estimate of drug-likeness (QED) is 0.785. The monoisotopic (exact) mass is 332 g/mol. The smallest absolute Gasteiger partial charge is 0.319 e. The summed E-state index contributed by atoms with van der Waals surface area (Å²) < 4.78 is 4.94. The van der Waals surface area contributed by atoms with Crippen molar-refractivity contribution in [3.63, 3.8) is 0 Å². The number of carbonyl (C=O) groups excluding carboxylic acids is 1. The maximum absolute atomic E-state index is 11.9. The molecule has 0 N–H and O–H groups in total. The Morgan fingerprint density at radius 1 is 1.17 bits per heavy atom. The molecule has 1 aromatic carbocycles. The van der Waals surface area contributed by atoms with Crippen molar-refractivity contribution in [3.05, 3.63) is 30.3 Å². The number of thioether (sulfide) groups is 1. The number of aliphatic imine (C=N–C) groups is 1. The lowest BCUT2D eigenvalue weighted by Gasteiger charge is -2.40. The molecule has 1 aliphatic heterocycles. The second kappa shape index (κ2) is 7.86. The fourth-order valence-electron chi connectivity index (χ4n) is 3.34. The first-order chi connectivity index (χ1) is 11.3. The molecule has 0 radical (unpaired) electrons. The Hall–Kier alpha value is -1.49. The van der Waals surface area contributed by atoms with Gasteiger partial charge in [-0.1, -0.05) is 49.2 Å².